The number of anilines is 1. The summed E-state index contributed by atoms with van der Waals surface area (Å²) in [4.78, 5) is 9.43. The predicted octanol–water partition coefficient (Wildman–Crippen LogP) is 3.79. The van der Waals surface area contributed by atoms with Crippen molar-refractivity contribution in [2.45, 2.75) is 38.3 Å². The van der Waals surface area contributed by atoms with Crippen molar-refractivity contribution in [3.05, 3.63) is 54.0 Å². The fourth-order valence-electron chi connectivity index (χ4n) is 4.43. The fraction of sp³-hybridized carbons (Fsp3) is 0.522. The molecule has 2 aromatic rings. The molecule has 6 nitrogen and oxygen atoms in total. The van der Waals surface area contributed by atoms with Crippen molar-refractivity contribution in [1.82, 2.24) is 15.5 Å². The number of nitrogens with zero attached hydrogens (tertiary/aromatic N) is 3. The Labute approximate surface area is 197 Å². The lowest BCUT2D eigenvalue weighted by molar-refractivity contribution is 0.213. The number of aliphatic imine (C=N–C) groups is 1. The van der Waals surface area contributed by atoms with Gasteiger partial charge in [-0.2, -0.15) is 0 Å². The molecule has 2 unspecified atom stereocenters. The molecular formula is C23H34IN5O. The van der Waals surface area contributed by atoms with Gasteiger partial charge in [0.05, 0.1) is 6.04 Å². The molecule has 2 fully saturated rings. The summed E-state index contributed by atoms with van der Waals surface area (Å²) in [6.07, 6.45) is 3.64. The van der Waals surface area contributed by atoms with Gasteiger partial charge in [0.15, 0.2) is 5.96 Å². The van der Waals surface area contributed by atoms with Crippen molar-refractivity contribution in [2.75, 3.05) is 44.7 Å². The van der Waals surface area contributed by atoms with Crippen LogP contribution in [0.4, 0.5) is 5.69 Å². The van der Waals surface area contributed by atoms with Crippen LogP contribution in [0.15, 0.2) is 51.9 Å². The summed E-state index contributed by atoms with van der Waals surface area (Å²) in [5, 5.41) is 7.17. The van der Waals surface area contributed by atoms with Crippen LogP contribution in [0.5, 0.6) is 0 Å². The number of guanidine groups is 1. The molecule has 0 bridgehead atoms. The maximum atomic E-state index is 5.97. The summed E-state index contributed by atoms with van der Waals surface area (Å²) in [5.41, 5.74) is 1.29. The van der Waals surface area contributed by atoms with Crippen molar-refractivity contribution in [1.29, 1.82) is 0 Å². The Bertz CT molecular complexity index is 803. The van der Waals surface area contributed by atoms with Gasteiger partial charge < -0.3 is 20.0 Å². The van der Waals surface area contributed by atoms with Crippen LogP contribution >= 0.6 is 24.0 Å². The standard InChI is InChI=1S/C23H33N5O.HI/c1-18-10-11-22(29-18)21(27-13-6-7-14-27)16-25-23(24-2)26-19-12-15-28(17-19)20-8-4-3-5-9-20;/h3-5,8-11,19,21H,6-7,12-17H2,1-2H3,(H2,24,25,26);1H. The monoisotopic (exact) mass is 523 g/mol. The number of halogens is 1. The first kappa shape index (κ1) is 22.9. The number of benzene rings is 1. The average Bonchev–Trinajstić information content (AvgIpc) is 3.51. The Kier molecular flexibility index (Phi) is 8.44. The highest BCUT2D eigenvalue weighted by molar-refractivity contribution is 14.0. The minimum absolute atomic E-state index is 0. The first-order valence-electron chi connectivity index (χ1n) is 10.8. The minimum atomic E-state index is 0. The molecule has 0 aliphatic carbocycles. The molecule has 0 radical (unpaired) electrons. The zero-order valence-corrected chi connectivity index (χ0v) is 20.3. The van der Waals surface area contributed by atoms with Crippen LogP contribution in [0.2, 0.25) is 0 Å². The predicted molar refractivity (Wildman–Crippen MR) is 134 cm³/mol. The molecule has 1 aromatic heterocycles. The smallest absolute Gasteiger partial charge is 0.191 e. The lowest BCUT2D eigenvalue weighted by Crippen LogP contribution is -2.47. The molecular weight excluding hydrogens is 489 g/mol. The summed E-state index contributed by atoms with van der Waals surface area (Å²) < 4.78 is 5.97. The topological polar surface area (TPSA) is 56.0 Å². The van der Waals surface area contributed by atoms with Gasteiger partial charge in [-0.3, -0.25) is 9.89 Å². The van der Waals surface area contributed by atoms with Crippen molar-refractivity contribution in [3.8, 4) is 0 Å². The Hall–Kier alpha value is -1.74. The summed E-state index contributed by atoms with van der Waals surface area (Å²) in [6.45, 7) is 7.14. The number of aryl methyl sites for hydroxylation is 1. The third-order valence-electron chi connectivity index (χ3n) is 6.01. The lowest BCUT2D eigenvalue weighted by atomic mass is 10.2. The van der Waals surface area contributed by atoms with Crippen LogP contribution in [0.3, 0.4) is 0 Å². The van der Waals surface area contributed by atoms with Crippen LogP contribution in [0, 0.1) is 6.92 Å². The van der Waals surface area contributed by atoms with Gasteiger partial charge in [0.2, 0.25) is 0 Å². The van der Waals surface area contributed by atoms with Crippen molar-refractivity contribution < 1.29 is 4.42 Å². The molecule has 2 saturated heterocycles. The highest BCUT2D eigenvalue weighted by Crippen LogP contribution is 2.26. The summed E-state index contributed by atoms with van der Waals surface area (Å²) in [6, 6.07) is 15.5. The number of nitrogens with one attached hydrogen (secondary N) is 2. The zero-order chi connectivity index (χ0) is 20.1. The summed E-state index contributed by atoms with van der Waals surface area (Å²) in [7, 11) is 1.85. The number of likely N-dealkylation sites (tertiary alicyclic amines) is 1. The Balaban J connectivity index is 0.00000256. The highest BCUT2D eigenvalue weighted by atomic mass is 127. The van der Waals surface area contributed by atoms with E-state index >= 15 is 0 Å². The van der Waals surface area contributed by atoms with E-state index in [1.54, 1.807) is 0 Å². The molecule has 30 heavy (non-hydrogen) atoms. The molecule has 2 atom stereocenters. The van der Waals surface area contributed by atoms with Crippen molar-refractivity contribution in [3.63, 3.8) is 0 Å². The SMILES string of the molecule is CN=C(NCC(c1ccc(C)o1)N1CCCC1)NC1CCN(c2ccccc2)C1.I. The molecule has 4 rings (SSSR count). The molecule has 3 heterocycles. The van der Waals surface area contributed by atoms with Gasteiger partial charge in [-0.05, 0) is 63.5 Å². The maximum absolute atomic E-state index is 5.97. The first-order valence-corrected chi connectivity index (χ1v) is 10.8. The van der Waals surface area contributed by atoms with Crippen LogP contribution < -0.4 is 15.5 Å². The summed E-state index contributed by atoms with van der Waals surface area (Å²) >= 11 is 0. The van der Waals surface area contributed by atoms with Gasteiger partial charge in [0, 0.05) is 38.4 Å². The number of hydrogen-bond donors (Lipinski definition) is 2. The maximum Gasteiger partial charge on any atom is 0.191 e. The normalized spacial score (nSPS) is 20.8. The molecule has 2 N–H and O–H groups in total. The Morgan fingerprint density at radius 1 is 1.13 bits per heavy atom. The van der Waals surface area contributed by atoms with Gasteiger partial charge in [-0.15, -0.1) is 24.0 Å². The van der Waals surface area contributed by atoms with Crippen LogP contribution in [0.25, 0.3) is 0 Å². The molecule has 2 aliphatic heterocycles. The average molecular weight is 523 g/mol. The lowest BCUT2D eigenvalue weighted by Gasteiger charge is -2.27. The quantitative estimate of drug-likeness (QED) is 0.343. The first-order chi connectivity index (χ1) is 14.2. The molecule has 2 aliphatic rings. The van der Waals surface area contributed by atoms with Crippen molar-refractivity contribution >= 4 is 35.6 Å². The third kappa shape index (κ3) is 5.69. The molecule has 1 aromatic carbocycles. The second-order valence-electron chi connectivity index (χ2n) is 8.07. The van der Waals surface area contributed by atoms with E-state index in [4.69, 9.17) is 4.42 Å². The Morgan fingerprint density at radius 2 is 1.90 bits per heavy atom. The highest BCUT2D eigenvalue weighted by Gasteiger charge is 2.27. The van der Waals surface area contributed by atoms with Gasteiger partial charge >= 0.3 is 0 Å². The molecule has 0 saturated carbocycles. The van der Waals surface area contributed by atoms with E-state index < -0.39 is 0 Å². The van der Waals surface area contributed by atoms with Crippen LogP contribution in [-0.4, -0.2) is 56.7 Å². The van der Waals surface area contributed by atoms with Crippen LogP contribution in [0.1, 0.15) is 36.8 Å². The third-order valence-corrected chi connectivity index (χ3v) is 6.01. The summed E-state index contributed by atoms with van der Waals surface area (Å²) in [5.74, 6) is 2.89. The Morgan fingerprint density at radius 3 is 2.57 bits per heavy atom. The van der Waals surface area contributed by atoms with Gasteiger partial charge in [-0.25, -0.2) is 0 Å². The number of hydrogen-bond acceptors (Lipinski definition) is 4. The van der Waals surface area contributed by atoms with E-state index in [0.29, 0.717) is 6.04 Å². The van der Waals surface area contributed by atoms with Gasteiger partial charge in [-0.1, -0.05) is 18.2 Å². The second kappa shape index (κ2) is 11.0. The van der Waals surface area contributed by atoms with E-state index in [2.05, 4.69) is 67.9 Å². The molecule has 0 spiro atoms. The largest absolute Gasteiger partial charge is 0.465 e. The number of rotatable bonds is 6. The van der Waals surface area contributed by atoms with E-state index in [0.717, 1.165) is 56.6 Å². The number of furan rings is 1. The van der Waals surface area contributed by atoms with Crippen molar-refractivity contribution in [2.24, 2.45) is 4.99 Å². The molecule has 164 valence electrons. The zero-order valence-electron chi connectivity index (χ0n) is 18.0. The van der Waals surface area contributed by atoms with Gasteiger partial charge in [0.25, 0.3) is 0 Å². The van der Waals surface area contributed by atoms with E-state index in [1.165, 1.54) is 18.5 Å². The molecule has 7 heteroatoms. The van der Waals surface area contributed by atoms with E-state index in [9.17, 15) is 0 Å². The van der Waals surface area contributed by atoms with Crippen LogP contribution in [-0.2, 0) is 0 Å². The van der Waals surface area contributed by atoms with E-state index in [1.807, 2.05) is 14.0 Å². The fourth-order valence-corrected chi connectivity index (χ4v) is 4.43. The van der Waals surface area contributed by atoms with Gasteiger partial charge in [0.1, 0.15) is 11.5 Å². The second-order valence-corrected chi connectivity index (χ2v) is 8.07. The van der Waals surface area contributed by atoms with E-state index in [-0.39, 0.29) is 30.0 Å². The number of para-hydroxylation sites is 1. The minimum Gasteiger partial charge on any atom is -0.465 e. The molecule has 0 amide bonds.